The zero-order valence-corrected chi connectivity index (χ0v) is 12.0. The lowest BCUT2D eigenvalue weighted by Crippen LogP contribution is -2.57. The van der Waals surface area contributed by atoms with E-state index in [1.165, 1.54) is 19.3 Å². The Hall–Kier alpha value is -1.10. The van der Waals surface area contributed by atoms with Gasteiger partial charge in [-0.1, -0.05) is 19.3 Å². The third kappa shape index (κ3) is 2.43. The zero-order valence-electron chi connectivity index (χ0n) is 12.0. The number of carbonyl (C=O) groups excluding carboxylic acids is 2. The number of ether oxygens (including phenoxy) is 1. The minimum Gasteiger partial charge on any atom is -0.371 e. The molecule has 2 amide bonds. The number of amides is 2. The van der Waals surface area contributed by atoms with E-state index >= 15 is 0 Å². The van der Waals surface area contributed by atoms with Gasteiger partial charge in [-0.2, -0.15) is 0 Å². The summed E-state index contributed by atoms with van der Waals surface area (Å²) in [6, 6.07) is 0. The molecule has 1 heterocycles. The van der Waals surface area contributed by atoms with Crippen LogP contribution in [-0.2, 0) is 14.3 Å². The molecule has 3 rings (SSSR count). The van der Waals surface area contributed by atoms with Crippen LogP contribution < -0.4 is 5.73 Å². The number of hydrogen-bond donors (Lipinski definition) is 1. The molecule has 0 aromatic rings. The van der Waals surface area contributed by atoms with Crippen LogP contribution in [0, 0.1) is 11.8 Å². The Morgan fingerprint density at radius 1 is 1.10 bits per heavy atom. The number of rotatable bonds is 2. The van der Waals surface area contributed by atoms with E-state index in [2.05, 4.69) is 0 Å². The van der Waals surface area contributed by atoms with E-state index in [0.29, 0.717) is 19.7 Å². The average Bonchev–Trinajstić information content (AvgIpc) is 2.37. The second-order valence-electron chi connectivity index (χ2n) is 6.54. The van der Waals surface area contributed by atoms with E-state index in [1.54, 1.807) is 0 Å². The molecule has 2 N–H and O–H groups in total. The molecule has 2 atom stereocenters. The summed E-state index contributed by atoms with van der Waals surface area (Å²) in [5.41, 5.74) is 5.24. The highest BCUT2D eigenvalue weighted by Gasteiger charge is 2.45. The largest absolute Gasteiger partial charge is 0.371 e. The van der Waals surface area contributed by atoms with Crippen LogP contribution >= 0.6 is 0 Å². The minimum atomic E-state index is -0.324. The van der Waals surface area contributed by atoms with Crippen molar-refractivity contribution in [3.63, 3.8) is 0 Å². The Labute approximate surface area is 119 Å². The number of morpholine rings is 1. The molecule has 1 aliphatic heterocycles. The highest BCUT2D eigenvalue weighted by atomic mass is 16.5. The predicted molar refractivity (Wildman–Crippen MR) is 73.8 cm³/mol. The SMILES string of the molecule is NC(=O)[C@@H]1CC[C@H]1C(=O)N1CCOC2(CCCCC2)C1. The van der Waals surface area contributed by atoms with Gasteiger partial charge in [0.05, 0.1) is 12.2 Å². The van der Waals surface area contributed by atoms with Crippen molar-refractivity contribution in [1.29, 1.82) is 0 Å². The lowest BCUT2D eigenvalue weighted by Gasteiger charge is -2.47. The van der Waals surface area contributed by atoms with Crippen molar-refractivity contribution >= 4 is 11.8 Å². The first-order valence-electron chi connectivity index (χ1n) is 7.83. The van der Waals surface area contributed by atoms with Crippen LogP contribution in [0.1, 0.15) is 44.9 Å². The summed E-state index contributed by atoms with van der Waals surface area (Å²) in [6.45, 7) is 1.98. The Morgan fingerprint density at radius 2 is 1.80 bits per heavy atom. The molecule has 0 aromatic heterocycles. The third-order valence-corrected chi connectivity index (χ3v) is 5.28. The van der Waals surface area contributed by atoms with Gasteiger partial charge in [0.15, 0.2) is 0 Å². The number of nitrogens with two attached hydrogens (primary N) is 1. The van der Waals surface area contributed by atoms with Crippen LogP contribution in [0.3, 0.4) is 0 Å². The summed E-state index contributed by atoms with van der Waals surface area (Å²) >= 11 is 0. The molecule has 0 radical (unpaired) electrons. The summed E-state index contributed by atoms with van der Waals surface area (Å²) in [6.07, 6.45) is 7.33. The molecule has 5 heteroatoms. The lowest BCUT2D eigenvalue weighted by atomic mass is 9.72. The molecule has 20 heavy (non-hydrogen) atoms. The normalized spacial score (nSPS) is 32.7. The second kappa shape index (κ2) is 5.35. The van der Waals surface area contributed by atoms with Crippen LogP contribution in [-0.4, -0.2) is 42.0 Å². The van der Waals surface area contributed by atoms with Gasteiger partial charge in [0.25, 0.3) is 0 Å². The summed E-state index contributed by atoms with van der Waals surface area (Å²) in [5, 5.41) is 0. The predicted octanol–water partition coefficient (Wildman–Crippen LogP) is 1.06. The zero-order chi connectivity index (χ0) is 14.2. The Balaban J connectivity index is 1.64. The third-order valence-electron chi connectivity index (χ3n) is 5.28. The highest BCUT2D eigenvalue weighted by molar-refractivity contribution is 5.88. The Morgan fingerprint density at radius 3 is 2.40 bits per heavy atom. The summed E-state index contributed by atoms with van der Waals surface area (Å²) < 4.78 is 6.01. The fraction of sp³-hybridized carbons (Fsp3) is 0.867. The number of carbonyl (C=O) groups is 2. The highest BCUT2D eigenvalue weighted by Crippen LogP contribution is 2.38. The maximum Gasteiger partial charge on any atom is 0.226 e. The summed E-state index contributed by atoms with van der Waals surface area (Å²) in [7, 11) is 0. The van der Waals surface area contributed by atoms with Gasteiger partial charge in [0.1, 0.15) is 0 Å². The monoisotopic (exact) mass is 280 g/mol. The average molecular weight is 280 g/mol. The lowest BCUT2D eigenvalue weighted by molar-refractivity contribution is -0.165. The van der Waals surface area contributed by atoms with E-state index < -0.39 is 0 Å². The molecule has 0 aromatic carbocycles. The number of primary amides is 1. The molecule has 1 saturated heterocycles. The van der Waals surface area contributed by atoms with Gasteiger partial charge in [0, 0.05) is 24.9 Å². The van der Waals surface area contributed by atoms with Gasteiger partial charge in [-0.15, -0.1) is 0 Å². The van der Waals surface area contributed by atoms with E-state index in [1.807, 2.05) is 4.90 Å². The van der Waals surface area contributed by atoms with E-state index in [-0.39, 0.29) is 29.3 Å². The van der Waals surface area contributed by atoms with Crippen molar-refractivity contribution in [2.75, 3.05) is 19.7 Å². The molecule has 0 unspecified atom stereocenters. The summed E-state index contributed by atoms with van der Waals surface area (Å²) in [4.78, 5) is 25.8. The molecule has 0 bridgehead atoms. The van der Waals surface area contributed by atoms with E-state index in [4.69, 9.17) is 10.5 Å². The maximum absolute atomic E-state index is 12.6. The molecule has 5 nitrogen and oxygen atoms in total. The van der Waals surface area contributed by atoms with Gasteiger partial charge in [-0.05, 0) is 25.7 Å². The van der Waals surface area contributed by atoms with Crippen molar-refractivity contribution < 1.29 is 14.3 Å². The van der Waals surface area contributed by atoms with E-state index in [9.17, 15) is 9.59 Å². The topological polar surface area (TPSA) is 72.6 Å². The van der Waals surface area contributed by atoms with Crippen molar-refractivity contribution in [2.24, 2.45) is 17.6 Å². The van der Waals surface area contributed by atoms with Crippen LogP contribution in [0.2, 0.25) is 0 Å². The second-order valence-corrected chi connectivity index (χ2v) is 6.54. The Kier molecular flexibility index (Phi) is 3.71. The van der Waals surface area contributed by atoms with E-state index in [0.717, 1.165) is 25.7 Å². The van der Waals surface area contributed by atoms with Crippen molar-refractivity contribution in [3.05, 3.63) is 0 Å². The smallest absolute Gasteiger partial charge is 0.226 e. The van der Waals surface area contributed by atoms with Crippen LogP contribution in [0.4, 0.5) is 0 Å². The molecule has 2 aliphatic carbocycles. The van der Waals surface area contributed by atoms with Crippen molar-refractivity contribution in [2.45, 2.75) is 50.5 Å². The molecule has 112 valence electrons. The molecular formula is C15H24N2O3. The first-order valence-corrected chi connectivity index (χ1v) is 7.83. The maximum atomic E-state index is 12.6. The fourth-order valence-electron chi connectivity index (χ4n) is 3.90. The van der Waals surface area contributed by atoms with Crippen molar-refractivity contribution in [1.82, 2.24) is 4.90 Å². The van der Waals surface area contributed by atoms with Crippen LogP contribution in [0.25, 0.3) is 0 Å². The van der Waals surface area contributed by atoms with Gasteiger partial charge < -0.3 is 15.4 Å². The molecule has 3 fully saturated rings. The molecule has 2 saturated carbocycles. The number of hydrogen-bond acceptors (Lipinski definition) is 3. The number of nitrogens with zero attached hydrogens (tertiary/aromatic N) is 1. The quantitative estimate of drug-likeness (QED) is 0.822. The van der Waals surface area contributed by atoms with Gasteiger partial charge >= 0.3 is 0 Å². The molecular weight excluding hydrogens is 256 g/mol. The first kappa shape index (κ1) is 13.9. The van der Waals surface area contributed by atoms with Crippen LogP contribution in [0.5, 0.6) is 0 Å². The Bertz CT molecular complexity index is 398. The molecule has 1 spiro atoms. The van der Waals surface area contributed by atoms with Crippen LogP contribution in [0.15, 0.2) is 0 Å². The first-order chi connectivity index (χ1) is 9.61. The van der Waals surface area contributed by atoms with Gasteiger partial charge in [0.2, 0.25) is 11.8 Å². The summed E-state index contributed by atoms with van der Waals surface area (Å²) in [5.74, 6) is -0.623. The standard InChI is InChI=1S/C15H24N2O3/c16-13(18)11-4-5-12(11)14(19)17-8-9-20-15(10-17)6-2-1-3-7-15/h11-12H,1-10H2,(H2,16,18)/t11-,12-/m1/s1. The van der Waals surface area contributed by atoms with Gasteiger partial charge in [-0.25, -0.2) is 0 Å². The minimum absolute atomic E-state index is 0.113. The van der Waals surface area contributed by atoms with Crippen molar-refractivity contribution in [3.8, 4) is 0 Å². The molecule has 3 aliphatic rings. The fourth-order valence-corrected chi connectivity index (χ4v) is 3.90. The van der Waals surface area contributed by atoms with Gasteiger partial charge in [-0.3, -0.25) is 9.59 Å².